The summed E-state index contributed by atoms with van der Waals surface area (Å²) in [5, 5.41) is 8.40. The molecule has 16 heavy (non-hydrogen) atoms. The fraction of sp³-hybridized carbons (Fsp3) is 0.455. The zero-order valence-corrected chi connectivity index (χ0v) is 9.67. The van der Waals surface area contributed by atoms with Gasteiger partial charge in [0.1, 0.15) is 0 Å². The van der Waals surface area contributed by atoms with E-state index in [1.165, 1.54) is 5.69 Å². The third-order valence-electron chi connectivity index (χ3n) is 2.70. The minimum Gasteiger partial charge on any atom is -0.324 e. The first-order valence-corrected chi connectivity index (χ1v) is 5.41. The minimum atomic E-state index is 0.0467. The molecule has 5 heteroatoms. The van der Waals surface area contributed by atoms with Gasteiger partial charge in [0, 0.05) is 49.7 Å². The molecule has 0 bridgehead atoms. The highest BCUT2D eigenvalue weighted by Crippen LogP contribution is 2.08. The van der Waals surface area contributed by atoms with Crippen LogP contribution in [0.15, 0.2) is 24.7 Å². The number of aryl methyl sites for hydroxylation is 3. The van der Waals surface area contributed by atoms with Crippen LogP contribution in [0.4, 0.5) is 0 Å². The van der Waals surface area contributed by atoms with Crippen molar-refractivity contribution in [3.05, 3.63) is 35.9 Å². The van der Waals surface area contributed by atoms with Crippen LogP contribution in [0.2, 0.25) is 0 Å². The van der Waals surface area contributed by atoms with Gasteiger partial charge in [-0.2, -0.15) is 10.2 Å². The fourth-order valence-electron chi connectivity index (χ4n) is 1.61. The van der Waals surface area contributed by atoms with E-state index in [2.05, 4.69) is 10.2 Å². The Balaban J connectivity index is 1.97. The van der Waals surface area contributed by atoms with Gasteiger partial charge in [0.15, 0.2) is 0 Å². The molecule has 0 saturated carbocycles. The van der Waals surface area contributed by atoms with Crippen molar-refractivity contribution in [1.29, 1.82) is 0 Å². The van der Waals surface area contributed by atoms with E-state index in [-0.39, 0.29) is 6.04 Å². The Kier molecular flexibility index (Phi) is 3.05. The Bertz CT molecular complexity index is 454. The largest absolute Gasteiger partial charge is 0.324 e. The summed E-state index contributed by atoms with van der Waals surface area (Å²) in [6.07, 6.45) is 6.57. The van der Waals surface area contributed by atoms with Crippen molar-refractivity contribution < 1.29 is 0 Å². The molecule has 2 heterocycles. The number of rotatable bonds is 4. The van der Waals surface area contributed by atoms with Crippen LogP contribution in [0, 0.1) is 0 Å². The lowest BCUT2D eigenvalue weighted by Crippen LogP contribution is -2.06. The van der Waals surface area contributed by atoms with Crippen molar-refractivity contribution in [3.8, 4) is 0 Å². The van der Waals surface area contributed by atoms with Crippen LogP contribution < -0.4 is 5.73 Å². The second-order valence-corrected chi connectivity index (χ2v) is 4.02. The molecule has 1 unspecified atom stereocenters. The lowest BCUT2D eigenvalue weighted by atomic mass is 10.2. The van der Waals surface area contributed by atoms with Gasteiger partial charge in [0.2, 0.25) is 0 Å². The normalized spacial score (nSPS) is 12.9. The highest BCUT2D eigenvalue weighted by molar-refractivity contribution is 5.08. The summed E-state index contributed by atoms with van der Waals surface area (Å²) in [7, 11) is 1.95. The molecule has 0 aliphatic heterocycles. The Hall–Kier alpha value is -1.62. The van der Waals surface area contributed by atoms with Gasteiger partial charge in [0.05, 0.1) is 6.20 Å². The van der Waals surface area contributed by atoms with Crippen LogP contribution in [-0.4, -0.2) is 19.6 Å². The fourth-order valence-corrected chi connectivity index (χ4v) is 1.61. The van der Waals surface area contributed by atoms with Crippen LogP contribution in [0.3, 0.4) is 0 Å². The number of hydrogen-bond donors (Lipinski definition) is 1. The van der Waals surface area contributed by atoms with Gasteiger partial charge in [-0.1, -0.05) is 0 Å². The van der Waals surface area contributed by atoms with E-state index in [0.717, 1.165) is 18.5 Å². The molecule has 0 aromatic carbocycles. The Labute approximate surface area is 94.9 Å². The van der Waals surface area contributed by atoms with Crippen LogP contribution in [-0.2, 0) is 20.0 Å². The highest BCUT2D eigenvalue weighted by Gasteiger charge is 2.04. The summed E-state index contributed by atoms with van der Waals surface area (Å²) in [6.45, 7) is 2.81. The van der Waals surface area contributed by atoms with Gasteiger partial charge in [-0.05, 0) is 13.0 Å². The molecule has 0 aliphatic rings. The van der Waals surface area contributed by atoms with Crippen molar-refractivity contribution >= 4 is 0 Å². The van der Waals surface area contributed by atoms with Crippen molar-refractivity contribution in [2.24, 2.45) is 12.8 Å². The molecule has 0 radical (unpaired) electrons. The third kappa shape index (κ3) is 2.30. The van der Waals surface area contributed by atoms with E-state index in [9.17, 15) is 0 Å². The minimum absolute atomic E-state index is 0.0467. The topological polar surface area (TPSA) is 61.7 Å². The van der Waals surface area contributed by atoms with Crippen LogP contribution in [0.5, 0.6) is 0 Å². The summed E-state index contributed by atoms with van der Waals surface area (Å²) in [4.78, 5) is 0. The number of aromatic nitrogens is 4. The van der Waals surface area contributed by atoms with E-state index in [0.29, 0.717) is 0 Å². The lowest BCUT2D eigenvalue weighted by Gasteiger charge is -2.02. The predicted molar refractivity (Wildman–Crippen MR) is 61.7 cm³/mol. The van der Waals surface area contributed by atoms with Gasteiger partial charge in [-0.3, -0.25) is 9.36 Å². The average molecular weight is 219 g/mol. The predicted octanol–water partition coefficient (Wildman–Crippen LogP) is 0.879. The summed E-state index contributed by atoms with van der Waals surface area (Å²) in [5.41, 5.74) is 8.05. The van der Waals surface area contributed by atoms with E-state index < -0.39 is 0 Å². The summed E-state index contributed by atoms with van der Waals surface area (Å²) in [5.74, 6) is 0. The number of nitrogens with zero attached hydrogens (tertiary/aromatic N) is 4. The van der Waals surface area contributed by atoms with Crippen LogP contribution >= 0.6 is 0 Å². The Morgan fingerprint density at radius 1 is 1.44 bits per heavy atom. The number of nitrogens with two attached hydrogens (primary N) is 1. The Morgan fingerprint density at radius 3 is 2.81 bits per heavy atom. The molecule has 0 fully saturated rings. The van der Waals surface area contributed by atoms with Gasteiger partial charge >= 0.3 is 0 Å². The smallest absolute Gasteiger partial charge is 0.0537 e. The van der Waals surface area contributed by atoms with Crippen molar-refractivity contribution in [1.82, 2.24) is 19.6 Å². The summed E-state index contributed by atoms with van der Waals surface area (Å²) in [6, 6.07) is 2.07. The molecule has 2 N–H and O–H groups in total. The van der Waals surface area contributed by atoms with Gasteiger partial charge in [0.25, 0.3) is 0 Å². The third-order valence-corrected chi connectivity index (χ3v) is 2.70. The van der Waals surface area contributed by atoms with Crippen molar-refractivity contribution in [2.45, 2.75) is 25.9 Å². The summed E-state index contributed by atoms with van der Waals surface area (Å²) >= 11 is 0. The molecule has 0 aliphatic carbocycles. The molecular weight excluding hydrogens is 202 g/mol. The molecular formula is C11H17N5. The molecule has 0 amide bonds. The molecule has 0 saturated heterocycles. The molecule has 1 atom stereocenters. The maximum Gasteiger partial charge on any atom is 0.0537 e. The maximum atomic E-state index is 5.77. The molecule has 2 rings (SSSR count). The first kappa shape index (κ1) is 10.9. The van der Waals surface area contributed by atoms with Gasteiger partial charge in [-0.25, -0.2) is 0 Å². The zero-order valence-electron chi connectivity index (χ0n) is 9.67. The van der Waals surface area contributed by atoms with Crippen molar-refractivity contribution in [2.75, 3.05) is 0 Å². The summed E-state index contributed by atoms with van der Waals surface area (Å²) < 4.78 is 3.81. The van der Waals surface area contributed by atoms with E-state index in [1.807, 2.05) is 48.0 Å². The first-order chi connectivity index (χ1) is 7.66. The molecule has 2 aromatic rings. The second-order valence-electron chi connectivity index (χ2n) is 4.02. The van der Waals surface area contributed by atoms with Gasteiger partial charge in [-0.15, -0.1) is 0 Å². The second kappa shape index (κ2) is 4.49. The Morgan fingerprint density at radius 2 is 2.25 bits per heavy atom. The zero-order chi connectivity index (χ0) is 11.5. The van der Waals surface area contributed by atoms with E-state index >= 15 is 0 Å². The highest BCUT2D eigenvalue weighted by atomic mass is 15.3. The molecule has 0 spiro atoms. The van der Waals surface area contributed by atoms with Crippen molar-refractivity contribution in [3.63, 3.8) is 0 Å². The first-order valence-electron chi connectivity index (χ1n) is 5.41. The van der Waals surface area contributed by atoms with Crippen LogP contribution in [0.1, 0.15) is 24.2 Å². The molecule has 86 valence electrons. The maximum absolute atomic E-state index is 5.77. The molecule has 5 nitrogen and oxygen atoms in total. The molecule has 2 aromatic heterocycles. The monoisotopic (exact) mass is 219 g/mol. The standard InChI is InChI=1S/C11H17N5/c1-9(12)10-7-14-16(8-10)6-4-11-3-5-13-15(11)2/h3,5,7-9H,4,6,12H2,1-2H3. The lowest BCUT2D eigenvalue weighted by molar-refractivity contribution is 0.585. The van der Waals surface area contributed by atoms with E-state index in [1.54, 1.807) is 0 Å². The van der Waals surface area contributed by atoms with E-state index in [4.69, 9.17) is 5.73 Å². The van der Waals surface area contributed by atoms with Gasteiger partial charge < -0.3 is 5.73 Å². The number of hydrogen-bond acceptors (Lipinski definition) is 3. The SMILES string of the molecule is CC(N)c1cnn(CCc2ccnn2C)c1. The quantitative estimate of drug-likeness (QED) is 0.830. The average Bonchev–Trinajstić information content (AvgIpc) is 2.83. The van der Waals surface area contributed by atoms with Crippen LogP contribution in [0.25, 0.3) is 0 Å².